The molecule has 128 valence electrons. The Hall–Kier alpha value is -2.96. The molecule has 7 heteroatoms. The Labute approximate surface area is 143 Å². The van der Waals surface area contributed by atoms with Gasteiger partial charge in [-0.2, -0.15) is 5.10 Å². The molecule has 2 aliphatic rings. The van der Waals surface area contributed by atoms with E-state index in [0.717, 1.165) is 17.0 Å². The number of hydrogen-bond acceptors (Lipinski definition) is 3. The third kappa shape index (κ3) is 2.82. The van der Waals surface area contributed by atoms with Gasteiger partial charge in [0.1, 0.15) is 5.69 Å². The van der Waals surface area contributed by atoms with Crippen LogP contribution in [-0.4, -0.2) is 31.4 Å². The largest absolute Gasteiger partial charge is 0.336 e. The number of anilines is 2. The topological polar surface area (TPSA) is 47.9 Å². The fraction of sp³-hybridized carbons (Fsp3) is 0.222. The van der Waals surface area contributed by atoms with Gasteiger partial charge in [0.15, 0.2) is 11.6 Å². The first kappa shape index (κ1) is 15.6. The maximum atomic E-state index is 13.9. The molecule has 2 amide bonds. The summed E-state index contributed by atoms with van der Waals surface area (Å²) >= 11 is 0. The highest BCUT2D eigenvalue weighted by atomic mass is 19.1. The van der Waals surface area contributed by atoms with E-state index in [2.05, 4.69) is 10.4 Å². The van der Waals surface area contributed by atoms with Crippen LogP contribution in [0.2, 0.25) is 0 Å². The molecule has 1 saturated heterocycles. The van der Waals surface area contributed by atoms with Gasteiger partial charge in [0.25, 0.3) is 0 Å². The number of carbonyl (C=O) groups is 1. The van der Waals surface area contributed by atoms with E-state index in [1.807, 2.05) is 24.3 Å². The van der Waals surface area contributed by atoms with Crippen LogP contribution in [-0.2, 0) is 0 Å². The number of benzene rings is 2. The van der Waals surface area contributed by atoms with Crippen LogP contribution in [0.4, 0.5) is 25.0 Å². The van der Waals surface area contributed by atoms with Gasteiger partial charge in [-0.1, -0.05) is 18.2 Å². The highest BCUT2D eigenvalue weighted by Gasteiger charge is 2.24. The average Bonchev–Trinajstić information content (AvgIpc) is 3.24. The number of hydrazone groups is 1. The van der Waals surface area contributed by atoms with Crippen LogP contribution in [0.25, 0.3) is 0 Å². The van der Waals surface area contributed by atoms with E-state index in [-0.39, 0.29) is 11.7 Å². The summed E-state index contributed by atoms with van der Waals surface area (Å²) in [7, 11) is 0. The second-order valence-electron chi connectivity index (χ2n) is 5.92. The van der Waals surface area contributed by atoms with Crippen molar-refractivity contribution in [1.82, 2.24) is 5.32 Å². The lowest BCUT2D eigenvalue weighted by molar-refractivity contribution is 0.252. The summed E-state index contributed by atoms with van der Waals surface area (Å²) in [5.74, 6) is -1.25. The van der Waals surface area contributed by atoms with E-state index in [4.69, 9.17) is 0 Å². The number of amides is 2. The minimum atomic E-state index is -0.625. The number of nitrogens with one attached hydrogen (secondary N) is 1. The number of urea groups is 1. The zero-order chi connectivity index (χ0) is 17.4. The Morgan fingerprint density at radius 1 is 1.00 bits per heavy atom. The summed E-state index contributed by atoms with van der Waals surface area (Å²) in [6, 6.07) is 11.1. The molecule has 1 fully saturated rings. The van der Waals surface area contributed by atoms with Crippen molar-refractivity contribution in [1.29, 1.82) is 0 Å². The average molecular weight is 342 g/mol. The smallest absolute Gasteiger partial charge is 0.321 e. The molecule has 2 heterocycles. The second kappa shape index (κ2) is 6.16. The van der Waals surface area contributed by atoms with Gasteiger partial charge in [0, 0.05) is 31.7 Å². The fourth-order valence-corrected chi connectivity index (χ4v) is 3.11. The predicted molar refractivity (Wildman–Crippen MR) is 92.0 cm³/mol. The lowest BCUT2D eigenvalue weighted by Crippen LogP contribution is -2.27. The molecule has 0 bridgehead atoms. The number of hydrogen-bond donors (Lipinski definition) is 1. The van der Waals surface area contributed by atoms with E-state index in [9.17, 15) is 13.6 Å². The van der Waals surface area contributed by atoms with Crippen molar-refractivity contribution in [2.45, 2.75) is 6.42 Å². The molecular weight excluding hydrogens is 326 g/mol. The summed E-state index contributed by atoms with van der Waals surface area (Å²) < 4.78 is 27.8. The van der Waals surface area contributed by atoms with Crippen molar-refractivity contribution in [3.63, 3.8) is 0 Å². The number of rotatable bonds is 3. The van der Waals surface area contributed by atoms with E-state index >= 15 is 0 Å². The monoisotopic (exact) mass is 342 g/mol. The third-order valence-electron chi connectivity index (χ3n) is 4.37. The standard InChI is InChI=1S/C18H16F2N4O/c19-14-2-1-3-15(20)17(14)24-10-8-16(22-24)12-4-6-13(7-5-12)23-11-9-21-18(23)25/h1-7H,8-11H2,(H,21,25). The fourth-order valence-electron chi connectivity index (χ4n) is 3.11. The molecule has 0 saturated carbocycles. The Bertz CT molecular complexity index is 830. The first-order valence-corrected chi connectivity index (χ1v) is 8.08. The number of halogens is 2. The van der Waals surface area contributed by atoms with Crippen molar-refractivity contribution >= 4 is 23.1 Å². The molecule has 2 aromatic carbocycles. The molecule has 0 unspecified atom stereocenters. The maximum Gasteiger partial charge on any atom is 0.321 e. The lowest BCUT2D eigenvalue weighted by atomic mass is 10.1. The Morgan fingerprint density at radius 2 is 1.72 bits per heavy atom. The normalized spacial score (nSPS) is 17.0. The van der Waals surface area contributed by atoms with Crippen LogP contribution in [0.1, 0.15) is 12.0 Å². The van der Waals surface area contributed by atoms with Gasteiger partial charge in [-0.3, -0.25) is 9.91 Å². The van der Waals surface area contributed by atoms with E-state index in [0.29, 0.717) is 26.1 Å². The zero-order valence-corrected chi connectivity index (χ0v) is 13.4. The summed E-state index contributed by atoms with van der Waals surface area (Å²) in [4.78, 5) is 13.4. The minimum Gasteiger partial charge on any atom is -0.336 e. The highest BCUT2D eigenvalue weighted by molar-refractivity contribution is 6.03. The summed E-state index contributed by atoms with van der Waals surface area (Å²) in [5, 5.41) is 8.49. The third-order valence-corrected chi connectivity index (χ3v) is 4.37. The van der Waals surface area contributed by atoms with Crippen LogP contribution in [0, 0.1) is 11.6 Å². The number of para-hydroxylation sites is 1. The summed E-state index contributed by atoms with van der Waals surface area (Å²) in [6.45, 7) is 1.69. The molecule has 4 rings (SSSR count). The van der Waals surface area contributed by atoms with Crippen molar-refractivity contribution in [2.24, 2.45) is 5.10 Å². The van der Waals surface area contributed by atoms with Gasteiger partial charge in [0.2, 0.25) is 0 Å². The predicted octanol–water partition coefficient (Wildman–Crippen LogP) is 3.11. The summed E-state index contributed by atoms with van der Waals surface area (Å²) in [6.07, 6.45) is 0.595. The summed E-state index contributed by atoms with van der Waals surface area (Å²) in [5.41, 5.74) is 2.33. The van der Waals surface area contributed by atoms with Gasteiger partial charge in [-0.15, -0.1) is 0 Å². The molecule has 0 aromatic heterocycles. The zero-order valence-electron chi connectivity index (χ0n) is 13.4. The Morgan fingerprint density at radius 3 is 2.36 bits per heavy atom. The quantitative estimate of drug-likeness (QED) is 0.932. The van der Waals surface area contributed by atoms with Crippen LogP contribution in [0.15, 0.2) is 47.6 Å². The van der Waals surface area contributed by atoms with Crippen LogP contribution < -0.4 is 15.2 Å². The Balaban J connectivity index is 1.57. The van der Waals surface area contributed by atoms with Gasteiger partial charge < -0.3 is 5.32 Å². The second-order valence-corrected chi connectivity index (χ2v) is 5.92. The molecule has 1 N–H and O–H groups in total. The van der Waals surface area contributed by atoms with Crippen molar-refractivity contribution < 1.29 is 13.6 Å². The molecule has 25 heavy (non-hydrogen) atoms. The molecular formula is C18H16F2N4O. The van der Waals surface area contributed by atoms with Gasteiger partial charge in [-0.05, 0) is 29.8 Å². The molecule has 0 spiro atoms. The molecule has 0 aliphatic carbocycles. The van der Waals surface area contributed by atoms with Gasteiger partial charge >= 0.3 is 6.03 Å². The molecule has 0 atom stereocenters. The van der Waals surface area contributed by atoms with Crippen molar-refractivity contribution in [2.75, 3.05) is 29.5 Å². The molecule has 2 aromatic rings. The van der Waals surface area contributed by atoms with Crippen molar-refractivity contribution in [3.05, 3.63) is 59.7 Å². The minimum absolute atomic E-state index is 0.104. The van der Waals surface area contributed by atoms with Crippen LogP contribution in [0.5, 0.6) is 0 Å². The van der Waals surface area contributed by atoms with Crippen LogP contribution >= 0.6 is 0 Å². The van der Waals surface area contributed by atoms with E-state index in [1.165, 1.54) is 23.2 Å². The Kier molecular flexibility index (Phi) is 3.83. The first-order valence-electron chi connectivity index (χ1n) is 8.08. The molecule has 5 nitrogen and oxygen atoms in total. The van der Waals surface area contributed by atoms with Gasteiger partial charge in [0.05, 0.1) is 5.71 Å². The van der Waals surface area contributed by atoms with E-state index in [1.54, 1.807) is 4.90 Å². The lowest BCUT2D eigenvalue weighted by Gasteiger charge is -2.15. The SMILES string of the molecule is O=C1NCCN1c1ccc(C2=NN(c3c(F)cccc3F)CC2)cc1. The maximum absolute atomic E-state index is 13.9. The number of carbonyl (C=O) groups excluding carboxylic acids is 1. The molecule has 2 aliphatic heterocycles. The molecule has 0 radical (unpaired) electrons. The van der Waals surface area contributed by atoms with Gasteiger partial charge in [-0.25, -0.2) is 13.6 Å². The first-order chi connectivity index (χ1) is 12.1. The highest BCUT2D eigenvalue weighted by Crippen LogP contribution is 2.28. The van der Waals surface area contributed by atoms with E-state index < -0.39 is 11.6 Å². The van der Waals surface area contributed by atoms with Crippen molar-refractivity contribution in [3.8, 4) is 0 Å². The van der Waals surface area contributed by atoms with Crippen LogP contribution in [0.3, 0.4) is 0 Å². The number of nitrogens with zero attached hydrogens (tertiary/aromatic N) is 3.